The Morgan fingerprint density at radius 2 is 1.11 bits per heavy atom. The van der Waals surface area contributed by atoms with Crippen LogP contribution < -0.4 is 31.1 Å². The summed E-state index contributed by atoms with van der Waals surface area (Å²) in [4.78, 5) is 8.43. The van der Waals surface area contributed by atoms with Crippen LogP contribution >= 0.6 is 0 Å². The van der Waals surface area contributed by atoms with Gasteiger partial charge in [0.05, 0.1) is 11.1 Å². The summed E-state index contributed by atoms with van der Waals surface area (Å²) in [6.07, 6.45) is 9.70. The van der Waals surface area contributed by atoms with E-state index in [1.54, 1.807) is 5.56 Å². The highest BCUT2D eigenvalue weighted by Crippen LogP contribution is 2.66. The second kappa shape index (κ2) is 13.0. The van der Waals surface area contributed by atoms with Crippen LogP contribution in [0.3, 0.4) is 0 Å². The Labute approximate surface area is 377 Å². The van der Waals surface area contributed by atoms with Gasteiger partial charge in [0.2, 0.25) is 0 Å². The van der Waals surface area contributed by atoms with Gasteiger partial charge in [-0.25, -0.2) is 0 Å². The fourth-order valence-corrected chi connectivity index (χ4v) is 14.4. The summed E-state index contributed by atoms with van der Waals surface area (Å²) < 4.78 is 0. The Hall–Kier alpha value is -5.22. The van der Waals surface area contributed by atoms with E-state index in [0.29, 0.717) is 0 Å². The van der Waals surface area contributed by atoms with Crippen molar-refractivity contribution in [2.24, 2.45) is 0 Å². The van der Waals surface area contributed by atoms with Crippen LogP contribution in [0, 0.1) is 0 Å². The molecule has 63 heavy (non-hydrogen) atoms. The van der Waals surface area contributed by atoms with Crippen molar-refractivity contribution in [3.8, 4) is 0 Å². The number of benzene rings is 6. The van der Waals surface area contributed by atoms with E-state index in [-0.39, 0.29) is 39.5 Å². The second-order valence-corrected chi connectivity index (χ2v) is 23.0. The summed E-state index contributed by atoms with van der Waals surface area (Å²) in [5, 5.41) is 0. The lowest BCUT2D eigenvalue weighted by molar-refractivity contribution is 0.195. The van der Waals surface area contributed by atoms with Gasteiger partial charge in [-0.2, -0.15) is 0 Å². The molecule has 0 saturated heterocycles. The van der Waals surface area contributed by atoms with E-state index in [9.17, 15) is 0 Å². The van der Waals surface area contributed by atoms with Crippen LogP contribution in [0.25, 0.3) is 0 Å². The van der Waals surface area contributed by atoms with Gasteiger partial charge in [-0.3, -0.25) is 0 Å². The molecule has 2 fully saturated rings. The first-order valence-corrected chi connectivity index (χ1v) is 24.2. The Bertz CT molecular complexity index is 2850. The van der Waals surface area contributed by atoms with E-state index in [1.807, 2.05) is 0 Å². The molecular formula is C59H64BN3. The van der Waals surface area contributed by atoms with Gasteiger partial charge in [-0.05, 0) is 131 Å². The number of rotatable bonds is 3. The van der Waals surface area contributed by atoms with Crippen LogP contribution in [0.15, 0.2) is 127 Å². The van der Waals surface area contributed by atoms with Crippen molar-refractivity contribution in [2.45, 2.75) is 146 Å². The molecule has 4 aliphatic heterocycles. The molecule has 4 heterocycles. The Kier molecular flexibility index (Phi) is 8.10. The normalized spacial score (nSPS) is 26.4. The van der Waals surface area contributed by atoms with Gasteiger partial charge in [-0.15, -0.1) is 0 Å². The van der Waals surface area contributed by atoms with E-state index in [2.05, 4.69) is 204 Å². The minimum Gasteiger partial charge on any atom is -0.335 e. The van der Waals surface area contributed by atoms with Gasteiger partial charge in [0, 0.05) is 50.6 Å². The van der Waals surface area contributed by atoms with Crippen LogP contribution in [0.4, 0.5) is 39.8 Å². The highest BCUT2D eigenvalue weighted by Gasteiger charge is 2.63. The maximum Gasteiger partial charge on any atom is 0.252 e. The SMILES string of the molecule is CC(C)(C)c1ccc(N2c3ccc(C(C)(C)C)cc3B3c4cccc5c4N(c4cc(N6c7ccccc7C7(c8ccccc8)CCCCC67C)cc2c43)C2(C)CCCCC52C)cc1. The third-order valence-electron chi connectivity index (χ3n) is 17.8. The summed E-state index contributed by atoms with van der Waals surface area (Å²) in [6, 6.07) is 50.8. The van der Waals surface area contributed by atoms with E-state index in [4.69, 9.17) is 0 Å². The summed E-state index contributed by atoms with van der Waals surface area (Å²) in [5.41, 5.74) is 20.8. The molecule has 12 rings (SSSR count). The molecule has 4 unspecified atom stereocenters. The molecule has 0 spiro atoms. The summed E-state index contributed by atoms with van der Waals surface area (Å²) in [5.74, 6) is 0. The van der Waals surface area contributed by atoms with Crippen molar-refractivity contribution in [1.82, 2.24) is 0 Å². The molecule has 6 aromatic carbocycles. The second-order valence-electron chi connectivity index (χ2n) is 23.0. The average Bonchev–Trinajstić information content (AvgIpc) is 3.64. The Balaban J connectivity index is 1.20. The molecule has 0 radical (unpaired) electrons. The smallest absolute Gasteiger partial charge is 0.252 e. The molecule has 4 atom stereocenters. The molecule has 0 aromatic heterocycles. The van der Waals surface area contributed by atoms with Crippen molar-refractivity contribution in [2.75, 3.05) is 14.7 Å². The predicted octanol–water partition coefficient (Wildman–Crippen LogP) is 13.4. The number of anilines is 7. The van der Waals surface area contributed by atoms with Gasteiger partial charge in [0.25, 0.3) is 6.71 Å². The molecule has 0 N–H and O–H groups in total. The van der Waals surface area contributed by atoms with Gasteiger partial charge < -0.3 is 14.7 Å². The van der Waals surface area contributed by atoms with Crippen molar-refractivity contribution in [3.05, 3.63) is 155 Å². The van der Waals surface area contributed by atoms with Crippen molar-refractivity contribution in [1.29, 1.82) is 0 Å². The molecule has 0 amide bonds. The number of fused-ring (bicyclic) bond motifs is 10. The zero-order chi connectivity index (χ0) is 43.5. The number of para-hydroxylation sites is 2. The lowest BCUT2D eigenvalue weighted by Gasteiger charge is -2.54. The molecule has 6 aliphatic rings. The summed E-state index contributed by atoms with van der Waals surface area (Å²) in [6.45, 7) is 22.1. The maximum atomic E-state index is 2.92. The van der Waals surface area contributed by atoms with Crippen LogP contribution in [0.1, 0.15) is 141 Å². The van der Waals surface area contributed by atoms with Crippen molar-refractivity contribution >= 4 is 62.9 Å². The lowest BCUT2D eigenvalue weighted by atomic mass is 9.33. The highest BCUT2D eigenvalue weighted by atomic mass is 15.3. The van der Waals surface area contributed by atoms with Crippen molar-refractivity contribution in [3.63, 3.8) is 0 Å². The quantitative estimate of drug-likeness (QED) is 0.164. The first-order chi connectivity index (χ1) is 30.1. The predicted molar refractivity (Wildman–Crippen MR) is 269 cm³/mol. The third-order valence-corrected chi connectivity index (χ3v) is 17.8. The van der Waals surface area contributed by atoms with E-state index in [0.717, 1.165) is 12.8 Å². The lowest BCUT2D eigenvalue weighted by Crippen LogP contribution is -2.64. The van der Waals surface area contributed by atoms with Gasteiger partial charge in [0.15, 0.2) is 0 Å². The fourth-order valence-electron chi connectivity index (χ4n) is 14.4. The first kappa shape index (κ1) is 39.4. The van der Waals surface area contributed by atoms with Crippen LogP contribution in [-0.2, 0) is 21.7 Å². The minimum atomic E-state index is -0.171. The largest absolute Gasteiger partial charge is 0.335 e. The first-order valence-electron chi connectivity index (χ1n) is 24.2. The highest BCUT2D eigenvalue weighted by molar-refractivity contribution is 7.00. The van der Waals surface area contributed by atoms with Crippen LogP contribution in [0.5, 0.6) is 0 Å². The average molecular weight is 826 g/mol. The minimum absolute atomic E-state index is 0.0141. The van der Waals surface area contributed by atoms with Crippen LogP contribution in [0.2, 0.25) is 0 Å². The number of hydrogen-bond acceptors (Lipinski definition) is 3. The zero-order valence-electron chi connectivity index (χ0n) is 39.2. The van der Waals surface area contributed by atoms with Crippen molar-refractivity contribution < 1.29 is 0 Å². The third kappa shape index (κ3) is 4.99. The standard InChI is InChI=1S/C59H64BN3/c1-54(2,3)39-26-29-42(30-27-39)61-49-31-28-41(55(4,5)6)36-47(49)60-46-24-19-23-45-53(46)63(57(8)33-16-15-32-56(45,57)7)51-38-43(37-50(61)52(51)60)62-48-25-14-13-22-44(48)59(40-20-11-10-12-21-40)35-18-17-34-58(59,62)9/h10-14,19-31,36-38H,15-18,32-35H2,1-9H3. The number of hydrogen-bond donors (Lipinski definition) is 0. The Morgan fingerprint density at radius 1 is 0.476 bits per heavy atom. The molecule has 318 valence electrons. The zero-order valence-corrected chi connectivity index (χ0v) is 39.2. The molecule has 2 saturated carbocycles. The van der Waals surface area contributed by atoms with E-state index < -0.39 is 0 Å². The molecule has 4 heteroatoms. The fraction of sp³-hybridized carbons (Fsp3) is 0.390. The molecule has 6 aromatic rings. The van der Waals surface area contributed by atoms with E-state index >= 15 is 0 Å². The molecule has 0 bridgehead atoms. The van der Waals surface area contributed by atoms with E-state index in [1.165, 1.54) is 117 Å². The van der Waals surface area contributed by atoms with Gasteiger partial charge in [0.1, 0.15) is 0 Å². The number of nitrogens with zero attached hydrogens (tertiary/aromatic N) is 3. The van der Waals surface area contributed by atoms with Gasteiger partial charge >= 0.3 is 0 Å². The molecule has 2 aliphatic carbocycles. The molecular weight excluding hydrogens is 761 g/mol. The monoisotopic (exact) mass is 826 g/mol. The maximum absolute atomic E-state index is 2.92. The molecule has 3 nitrogen and oxygen atoms in total. The topological polar surface area (TPSA) is 9.72 Å². The van der Waals surface area contributed by atoms with Crippen LogP contribution in [-0.4, -0.2) is 17.8 Å². The Morgan fingerprint density at radius 3 is 1.86 bits per heavy atom. The van der Waals surface area contributed by atoms with Gasteiger partial charge in [-0.1, -0.05) is 165 Å². The summed E-state index contributed by atoms with van der Waals surface area (Å²) in [7, 11) is 0. The summed E-state index contributed by atoms with van der Waals surface area (Å²) >= 11 is 0.